The lowest BCUT2D eigenvalue weighted by molar-refractivity contribution is -0.0589. The van der Waals surface area contributed by atoms with E-state index in [0.717, 1.165) is 11.9 Å². The summed E-state index contributed by atoms with van der Waals surface area (Å²) in [6.07, 6.45) is 0.172. The number of halogens is 3. The van der Waals surface area contributed by atoms with Gasteiger partial charge >= 0.3 is 5.97 Å². The highest BCUT2D eigenvalue weighted by Gasteiger charge is 2.31. The summed E-state index contributed by atoms with van der Waals surface area (Å²) in [4.78, 5) is 17.0. The number of imidazole rings is 1. The summed E-state index contributed by atoms with van der Waals surface area (Å²) in [7, 11) is 1.34. The zero-order valence-corrected chi connectivity index (χ0v) is 23.7. The molecule has 7 nitrogen and oxygen atoms in total. The number of rotatable bonds is 7. The second-order valence-corrected chi connectivity index (χ2v) is 10.9. The number of nitrogens with zero attached hydrogens (tertiary/aromatic N) is 2. The Morgan fingerprint density at radius 2 is 1.91 bits per heavy atom. The molecule has 0 saturated carbocycles. The Labute approximate surface area is 250 Å². The van der Waals surface area contributed by atoms with Crippen LogP contribution in [0.15, 0.2) is 72.8 Å². The van der Waals surface area contributed by atoms with E-state index in [1.165, 1.54) is 25.3 Å². The third-order valence-electron chi connectivity index (χ3n) is 7.79. The average molecular weight is 603 g/mol. The minimum absolute atomic E-state index is 0.0257. The quantitative estimate of drug-likeness (QED) is 0.182. The van der Waals surface area contributed by atoms with Gasteiger partial charge in [-0.2, -0.15) is 0 Å². The van der Waals surface area contributed by atoms with E-state index in [1.54, 1.807) is 48.5 Å². The van der Waals surface area contributed by atoms with Crippen LogP contribution >= 0.6 is 11.6 Å². The fourth-order valence-corrected chi connectivity index (χ4v) is 5.60. The molecule has 2 aliphatic heterocycles. The van der Waals surface area contributed by atoms with Gasteiger partial charge in [0.2, 0.25) is 0 Å². The number of hydrogen-bond donors (Lipinski definition) is 0. The Hall–Kier alpha value is -4.47. The van der Waals surface area contributed by atoms with Crippen molar-refractivity contribution in [3.8, 4) is 22.6 Å². The first kappa shape index (κ1) is 27.4. The Morgan fingerprint density at radius 1 is 1.05 bits per heavy atom. The SMILES string of the molecule is COC(=O)c1ccc2nc(Cc3ccc(-c4cccc5c4OC(c4ccc(Cl)cc4F)O5)cc3F)n(C[C@@H]3CCO3)c2c1. The fraction of sp³-hybridized carbons (Fsp3) is 0.212. The van der Waals surface area contributed by atoms with Crippen molar-refractivity contribution in [2.24, 2.45) is 0 Å². The summed E-state index contributed by atoms with van der Waals surface area (Å²) >= 11 is 5.90. The van der Waals surface area contributed by atoms with E-state index >= 15 is 4.39 Å². The van der Waals surface area contributed by atoms with Crippen LogP contribution < -0.4 is 9.47 Å². The molecule has 5 aromatic rings. The molecule has 1 saturated heterocycles. The predicted molar refractivity (Wildman–Crippen MR) is 155 cm³/mol. The minimum atomic E-state index is -0.995. The highest BCUT2D eigenvalue weighted by atomic mass is 35.5. The molecule has 0 radical (unpaired) electrons. The van der Waals surface area contributed by atoms with Crippen molar-refractivity contribution in [1.29, 1.82) is 0 Å². The first-order chi connectivity index (χ1) is 20.9. The van der Waals surface area contributed by atoms with Crippen molar-refractivity contribution in [2.45, 2.75) is 31.8 Å². The van der Waals surface area contributed by atoms with Crippen LogP contribution in [-0.4, -0.2) is 35.3 Å². The van der Waals surface area contributed by atoms with Gasteiger partial charge in [-0.25, -0.2) is 18.6 Å². The molecule has 0 spiro atoms. The standard InChI is InChI=1S/C33H25ClF2N2O5/c1-40-32(39)20-7-10-27-28(14-20)38(17-22-11-12-41-22)30(37-27)15-19-6-5-18(13-25(19)35)23-3-2-4-29-31(23)43-33(42-29)24-9-8-21(34)16-26(24)36/h2-10,13-14,16,22,33H,11-12,15,17H2,1H3/t22-,33?/m0/s1. The van der Waals surface area contributed by atoms with Crippen molar-refractivity contribution >= 4 is 28.6 Å². The zero-order chi connectivity index (χ0) is 29.7. The van der Waals surface area contributed by atoms with Crippen LogP contribution in [0.25, 0.3) is 22.2 Å². The van der Waals surface area contributed by atoms with Crippen LogP contribution in [0, 0.1) is 11.6 Å². The molecular formula is C33H25ClF2N2O5. The molecule has 3 heterocycles. The van der Waals surface area contributed by atoms with Crippen molar-refractivity contribution < 1.29 is 32.5 Å². The molecule has 0 aliphatic carbocycles. The number of fused-ring (bicyclic) bond motifs is 2. The second kappa shape index (κ2) is 11.0. The van der Waals surface area contributed by atoms with Gasteiger partial charge in [0.05, 0.1) is 41.9 Å². The van der Waals surface area contributed by atoms with Crippen LogP contribution in [0.3, 0.4) is 0 Å². The number of benzene rings is 4. The molecular weight excluding hydrogens is 578 g/mol. The van der Waals surface area contributed by atoms with Crippen molar-refractivity contribution in [1.82, 2.24) is 9.55 Å². The Morgan fingerprint density at radius 3 is 2.65 bits per heavy atom. The predicted octanol–water partition coefficient (Wildman–Crippen LogP) is 7.27. The lowest BCUT2D eigenvalue weighted by Gasteiger charge is -2.27. The maximum absolute atomic E-state index is 15.7. The molecule has 10 heteroatoms. The monoisotopic (exact) mass is 602 g/mol. The molecule has 0 N–H and O–H groups in total. The summed E-state index contributed by atoms with van der Waals surface area (Å²) in [5.41, 5.74) is 3.73. The molecule has 1 fully saturated rings. The number of para-hydroxylation sites is 1. The first-order valence-corrected chi connectivity index (χ1v) is 14.1. The smallest absolute Gasteiger partial charge is 0.337 e. The summed E-state index contributed by atoms with van der Waals surface area (Å²) in [5, 5.41) is 0.269. The van der Waals surface area contributed by atoms with Gasteiger partial charge in [0.25, 0.3) is 6.29 Å². The maximum atomic E-state index is 15.7. The Bertz CT molecular complexity index is 1890. The van der Waals surface area contributed by atoms with Gasteiger partial charge < -0.3 is 23.5 Å². The molecule has 0 amide bonds. The first-order valence-electron chi connectivity index (χ1n) is 13.8. The van der Waals surface area contributed by atoms with E-state index in [2.05, 4.69) is 0 Å². The molecule has 2 atom stereocenters. The lowest BCUT2D eigenvalue weighted by Crippen LogP contribution is -2.31. The molecule has 43 heavy (non-hydrogen) atoms. The van der Waals surface area contributed by atoms with Gasteiger partial charge in [0.1, 0.15) is 17.5 Å². The summed E-state index contributed by atoms with van der Waals surface area (Å²) in [6, 6.07) is 19.7. The number of carbonyl (C=O) groups excluding carboxylic acids is 1. The molecule has 0 bridgehead atoms. The van der Waals surface area contributed by atoms with Crippen LogP contribution in [-0.2, 0) is 22.4 Å². The summed E-state index contributed by atoms with van der Waals surface area (Å²) in [5.74, 6) is 0.0903. The number of esters is 1. The van der Waals surface area contributed by atoms with Crippen LogP contribution in [0.4, 0.5) is 8.78 Å². The van der Waals surface area contributed by atoms with Gasteiger partial charge in [-0.1, -0.05) is 35.9 Å². The van der Waals surface area contributed by atoms with E-state index < -0.39 is 23.9 Å². The summed E-state index contributed by atoms with van der Waals surface area (Å²) in [6.45, 7) is 1.24. The molecule has 7 rings (SSSR count). The zero-order valence-electron chi connectivity index (χ0n) is 23.0. The minimum Gasteiger partial charge on any atom is -0.465 e. The van der Waals surface area contributed by atoms with Crippen molar-refractivity contribution in [3.63, 3.8) is 0 Å². The maximum Gasteiger partial charge on any atom is 0.337 e. The van der Waals surface area contributed by atoms with Crippen molar-refractivity contribution in [3.05, 3.63) is 112 Å². The number of methoxy groups -OCH3 is 1. The lowest BCUT2D eigenvalue weighted by atomic mass is 10.0. The van der Waals surface area contributed by atoms with Gasteiger partial charge in [0, 0.05) is 23.6 Å². The molecule has 1 aromatic heterocycles. The van der Waals surface area contributed by atoms with Crippen molar-refractivity contribution in [2.75, 3.05) is 13.7 Å². The van der Waals surface area contributed by atoms with E-state index in [-0.39, 0.29) is 23.1 Å². The van der Waals surface area contributed by atoms with Crippen LogP contribution in [0.1, 0.15) is 40.0 Å². The number of aromatic nitrogens is 2. The van der Waals surface area contributed by atoms with E-state index in [0.29, 0.717) is 58.2 Å². The highest BCUT2D eigenvalue weighted by molar-refractivity contribution is 6.30. The number of hydrogen-bond acceptors (Lipinski definition) is 6. The van der Waals surface area contributed by atoms with Crippen LogP contribution in [0.2, 0.25) is 5.02 Å². The van der Waals surface area contributed by atoms with Crippen LogP contribution in [0.5, 0.6) is 11.5 Å². The Kier molecular flexibility index (Phi) is 6.99. The highest BCUT2D eigenvalue weighted by Crippen LogP contribution is 2.47. The van der Waals surface area contributed by atoms with E-state index in [1.807, 2.05) is 10.6 Å². The number of carbonyl (C=O) groups is 1. The van der Waals surface area contributed by atoms with Gasteiger partial charge in [-0.3, -0.25) is 0 Å². The van der Waals surface area contributed by atoms with E-state index in [4.69, 9.17) is 35.5 Å². The summed E-state index contributed by atoms with van der Waals surface area (Å²) < 4.78 is 54.7. The molecule has 218 valence electrons. The van der Waals surface area contributed by atoms with E-state index in [9.17, 15) is 9.18 Å². The second-order valence-electron chi connectivity index (χ2n) is 10.5. The largest absolute Gasteiger partial charge is 0.465 e. The third-order valence-corrected chi connectivity index (χ3v) is 8.03. The average Bonchev–Trinajstić information content (AvgIpc) is 3.56. The fourth-order valence-electron chi connectivity index (χ4n) is 5.44. The van der Waals surface area contributed by atoms with Gasteiger partial charge in [0.15, 0.2) is 11.5 Å². The third kappa shape index (κ3) is 5.08. The normalized spacial score (nSPS) is 17.2. The molecule has 2 aliphatic rings. The van der Waals surface area contributed by atoms with Gasteiger partial charge in [-0.15, -0.1) is 0 Å². The molecule has 1 unspecified atom stereocenters. The molecule has 4 aromatic carbocycles. The number of ether oxygens (including phenoxy) is 4. The Balaban J connectivity index is 1.19. The van der Waals surface area contributed by atoms with Gasteiger partial charge in [-0.05, 0) is 66.1 Å². The topological polar surface area (TPSA) is 71.8 Å².